The van der Waals surface area contributed by atoms with Gasteiger partial charge in [0.15, 0.2) is 17.4 Å². The van der Waals surface area contributed by atoms with Gasteiger partial charge in [0.05, 0.1) is 10.0 Å². The SMILES string of the molecule is N/C(=N/O)c1ccc(Oc2cccc(Cl)c2F)cc1Cl. The molecule has 20 heavy (non-hydrogen) atoms. The second kappa shape index (κ2) is 5.98. The number of rotatable bonds is 3. The summed E-state index contributed by atoms with van der Waals surface area (Å²) in [5, 5.41) is 11.6. The van der Waals surface area contributed by atoms with Gasteiger partial charge in [-0.2, -0.15) is 0 Å². The number of halogens is 3. The number of ether oxygens (including phenoxy) is 1. The standard InChI is InChI=1S/C13H9Cl2FN2O2/c14-9-2-1-3-11(12(9)16)20-7-4-5-8(10(15)6-7)13(17)18-19/h1-6,19H,(H2,17,18). The first-order chi connectivity index (χ1) is 9.52. The third kappa shape index (κ3) is 2.95. The summed E-state index contributed by atoms with van der Waals surface area (Å²) in [7, 11) is 0. The Kier molecular flexibility index (Phi) is 4.32. The topological polar surface area (TPSA) is 67.8 Å². The molecule has 0 heterocycles. The Morgan fingerprint density at radius 2 is 1.95 bits per heavy atom. The van der Waals surface area contributed by atoms with Gasteiger partial charge in [0.1, 0.15) is 5.75 Å². The van der Waals surface area contributed by atoms with Crippen molar-refractivity contribution in [2.24, 2.45) is 10.9 Å². The Morgan fingerprint density at radius 3 is 2.60 bits per heavy atom. The van der Waals surface area contributed by atoms with E-state index in [4.69, 9.17) is 38.9 Å². The highest BCUT2D eigenvalue weighted by atomic mass is 35.5. The lowest BCUT2D eigenvalue weighted by atomic mass is 10.2. The van der Waals surface area contributed by atoms with E-state index in [1.54, 1.807) is 6.07 Å². The van der Waals surface area contributed by atoms with Crippen LogP contribution in [0.25, 0.3) is 0 Å². The number of nitrogens with zero attached hydrogens (tertiary/aromatic N) is 1. The molecule has 0 unspecified atom stereocenters. The van der Waals surface area contributed by atoms with Crippen molar-refractivity contribution in [1.29, 1.82) is 0 Å². The molecule has 0 radical (unpaired) electrons. The van der Waals surface area contributed by atoms with Gasteiger partial charge in [0.25, 0.3) is 0 Å². The van der Waals surface area contributed by atoms with Gasteiger partial charge in [0.2, 0.25) is 0 Å². The highest BCUT2D eigenvalue weighted by Crippen LogP contribution is 2.30. The summed E-state index contributed by atoms with van der Waals surface area (Å²) < 4.78 is 19.0. The van der Waals surface area contributed by atoms with Gasteiger partial charge in [-0.1, -0.05) is 34.4 Å². The zero-order valence-corrected chi connectivity index (χ0v) is 11.5. The normalized spacial score (nSPS) is 11.4. The van der Waals surface area contributed by atoms with E-state index in [9.17, 15) is 4.39 Å². The van der Waals surface area contributed by atoms with Gasteiger partial charge in [-0.15, -0.1) is 0 Å². The lowest BCUT2D eigenvalue weighted by molar-refractivity contribution is 0.318. The van der Waals surface area contributed by atoms with Gasteiger partial charge >= 0.3 is 0 Å². The molecule has 2 rings (SSSR count). The molecule has 0 atom stereocenters. The minimum absolute atomic E-state index is 0.0230. The first-order valence-corrected chi connectivity index (χ1v) is 6.18. The molecule has 0 fully saturated rings. The number of hydrogen-bond acceptors (Lipinski definition) is 3. The first-order valence-electron chi connectivity index (χ1n) is 5.42. The van der Waals surface area contributed by atoms with E-state index in [0.717, 1.165) is 0 Å². The lowest BCUT2D eigenvalue weighted by Crippen LogP contribution is -2.13. The Hall–Kier alpha value is -1.98. The van der Waals surface area contributed by atoms with E-state index in [-0.39, 0.29) is 21.6 Å². The van der Waals surface area contributed by atoms with Crippen LogP contribution in [-0.2, 0) is 0 Å². The van der Waals surface area contributed by atoms with Gasteiger partial charge in [-0.25, -0.2) is 4.39 Å². The molecule has 3 N–H and O–H groups in total. The zero-order valence-electron chi connectivity index (χ0n) is 9.98. The maximum Gasteiger partial charge on any atom is 0.184 e. The summed E-state index contributed by atoms with van der Waals surface area (Å²) in [5.41, 5.74) is 5.78. The van der Waals surface area contributed by atoms with Crippen molar-refractivity contribution in [3.05, 3.63) is 57.8 Å². The molecule has 7 heteroatoms. The molecule has 0 saturated heterocycles. The third-order valence-corrected chi connectivity index (χ3v) is 3.07. The molecular formula is C13H9Cl2FN2O2. The van der Waals surface area contributed by atoms with Gasteiger partial charge in [-0.3, -0.25) is 0 Å². The van der Waals surface area contributed by atoms with Crippen molar-refractivity contribution in [3.8, 4) is 11.5 Å². The lowest BCUT2D eigenvalue weighted by Gasteiger charge is -2.09. The van der Waals surface area contributed by atoms with Crippen LogP contribution in [0.5, 0.6) is 11.5 Å². The highest BCUT2D eigenvalue weighted by molar-refractivity contribution is 6.34. The summed E-state index contributed by atoms with van der Waals surface area (Å²) in [6.45, 7) is 0. The van der Waals surface area contributed by atoms with Crippen molar-refractivity contribution in [2.75, 3.05) is 0 Å². The van der Waals surface area contributed by atoms with Gasteiger partial charge in [-0.05, 0) is 24.3 Å². The highest BCUT2D eigenvalue weighted by Gasteiger charge is 2.11. The van der Waals surface area contributed by atoms with Crippen molar-refractivity contribution in [1.82, 2.24) is 0 Å². The molecule has 0 aliphatic rings. The molecule has 0 bridgehead atoms. The average Bonchev–Trinajstić information content (AvgIpc) is 2.43. The van der Waals surface area contributed by atoms with Gasteiger partial charge < -0.3 is 15.7 Å². The van der Waals surface area contributed by atoms with Crippen LogP contribution < -0.4 is 10.5 Å². The molecule has 0 saturated carbocycles. The Balaban J connectivity index is 2.31. The Bertz CT molecular complexity index is 677. The van der Waals surface area contributed by atoms with Crippen molar-refractivity contribution in [3.63, 3.8) is 0 Å². The fraction of sp³-hybridized carbons (Fsp3) is 0. The van der Waals surface area contributed by atoms with Crippen LogP contribution in [-0.4, -0.2) is 11.0 Å². The number of oxime groups is 1. The van der Waals surface area contributed by atoms with Crippen LogP contribution in [0.4, 0.5) is 4.39 Å². The van der Waals surface area contributed by atoms with Crippen LogP contribution in [0.1, 0.15) is 5.56 Å². The summed E-state index contributed by atoms with van der Waals surface area (Å²) in [4.78, 5) is 0. The summed E-state index contributed by atoms with van der Waals surface area (Å²) >= 11 is 11.6. The largest absolute Gasteiger partial charge is 0.454 e. The predicted molar refractivity (Wildman–Crippen MR) is 75.4 cm³/mol. The zero-order chi connectivity index (χ0) is 14.7. The number of benzene rings is 2. The number of nitrogens with two attached hydrogens (primary N) is 1. The fourth-order valence-electron chi connectivity index (χ4n) is 1.51. The summed E-state index contributed by atoms with van der Waals surface area (Å²) in [5.74, 6) is -0.517. The second-order valence-corrected chi connectivity index (χ2v) is 4.60. The first kappa shape index (κ1) is 14.4. The molecule has 2 aromatic rings. The van der Waals surface area contributed by atoms with Crippen LogP contribution in [0.2, 0.25) is 10.0 Å². The molecular weight excluding hydrogens is 306 g/mol. The van der Waals surface area contributed by atoms with E-state index < -0.39 is 5.82 Å². The van der Waals surface area contributed by atoms with Crippen LogP contribution in [0.3, 0.4) is 0 Å². The number of amidine groups is 1. The molecule has 104 valence electrons. The molecule has 0 amide bonds. The summed E-state index contributed by atoms with van der Waals surface area (Å²) in [6, 6.07) is 8.85. The van der Waals surface area contributed by atoms with E-state index in [2.05, 4.69) is 5.16 Å². The summed E-state index contributed by atoms with van der Waals surface area (Å²) in [6.07, 6.45) is 0. The monoisotopic (exact) mass is 314 g/mol. The minimum atomic E-state index is -0.661. The minimum Gasteiger partial charge on any atom is -0.454 e. The van der Waals surface area contributed by atoms with Crippen molar-refractivity contribution in [2.45, 2.75) is 0 Å². The van der Waals surface area contributed by atoms with Crippen LogP contribution >= 0.6 is 23.2 Å². The Labute approximate surface area is 124 Å². The molecule has 0 spiro atoms. The van der Waals surface area contributed by atoms with Crippen LogP contribution in [0.15, 0.2) is 41.6 Å². The molecule has 4 nitrogen and oxygen atoms in total. The maximum absolute atomic E-state index is 13.7. The maximum atomic E-state index is 13.7. The quantitative estimate of drug-likeness (QED) is 0.389. The average molecular weight is 315 g/mol. The van der Waals surface area contributed by atoms with E-state index in [1.807, 2.05) is 0 Å². The molecule has 0 aromatic heterocycles. The van der Waals surface area contributed by atoms with Crippen LogP contribution in [0, 0.1) is 5.82 Å². The number of hydrogen-bond donors (Lipinski definition) is 2. The molecule has 0 aliphatic carbocycles. The second-order valence-electron chi connectivity index (χ2n) is 3.78. The third-order valence-electron chi connectivity index (χ3n) is 2.47. The van der Waals surface area contributed by atoms with E-state index >= 15 is 0 Å². The van der Waals surface area contributed by atoms with Gasteiger partial charge in [0, 0.05) is 11.6 Å². The van der Waals surface area contributed by atoms with Crippen molar-refractivity contribution >= 4 is 29.0 Å². The predicted octanol–water partition coefficient (Wildman–Crippen LogP) is 4.02. The van der Waals surface area contributed by atoms with E-state index in [1.165, 1.54) is 30.3 Å². The van der Waals surface area contributed by atoms with E-state index in [0.29, 0.717) is 11.3 Å². The van der Waals surface area contributed by atoms with Crippen molar-refractivity contribution < 1.29 is 14.3 Å². The fourth-order valence-corrected chi connectivity index (χ4v) is 1.94. The molecule has 2 aromatic carbocycles. The Morgan fingerprint density at radius 1 is 1.20 bits per heavy atom. The molecule has 0 aliphatic heterocycles. The smallest absolute Gasteiger partial charge is 0.184 e.